The van der Waals surface area contributed by atoms with Crippen molar-refractivity contribution < 1.29 is 9.21 Å². The number of anilines is 1. The Morgan fingerprint density at radius 1 is 1.42 bits per heavy atom. The Bertz CT molecular complexity index is 868. The van der Waals surface area contributed by atoms with Crippen LogP contribution in [0.25, 0.3) is 0 Å². The first-order valence-corrected chi connectivity index (χ1v) is 8.92. The van der Waals surface area contributed by atoms with Crippen LogP contribution < -0.4 is 5.32 Å². The highest BCUT2D eigenvalue weighted by molar-refractivity contribution is 7.16. The molecule has 0 bridgehead atoms. The van der Waals surface area contributed by atoms with E-state index in [1.54, 1.807) is 17.6 Å². The van der Waals surface area contributed by atoms with E-state index in [4.69, 9.17) is 4.42 Å². The molecule has 5 nitrogen and oxygen atoms in total. The van der Waals surface area contributed by atoms with Crippen molar-refractivity contribution in [2.45, 2.75) is 39.7 Å². The third-order valence-corrected chi connectivity index (χ3v) is 5.60. The Hall–Kier alpha value is -2.34. The number of thiazole rings is 1. The number of carbonyl (C=O) groups is 1. The Morgan fingerprint density at radius 3 is 3.04 bits per heavy atom. The number of furan rings is 1. The Morgan fingerprint density at radius 2 is 2.29 bits per heavy atom. The second kappa shape index (κ2) is 5.94. The third kappa shape index (κ3) is 2.67. The van der Waals surface area contributed by atoms with Crippen LogP contribution in [-0.2, 0) is 19.4 Å². The lowest BCUT2D eigenvalue weighted by Gasteiger charge is -2.08. The van der Waals surface area contributed by atoms with E-state index in [0.29, 0.717) is 17.2 Å². The van der Waals surface area contributed by atoms with Gasteiger partial charge in [-0.25, -0.2) is 4.98 Å². The number of fused-ring (bicyclic) bond motifs is 1. The molecule has 0 atom stereocenters. The molecule has 0 fully saturated rings. The normalized spacial score (nSPS) is 13.2. The molecule has 0 saturated carbocycles. The maximum absolute atomic E-state index is 12.6. The van der Waals surface area contributed by atoms with Crippen molar-refractivity contribution in [2.75, 3.05) is 5.32 Å². The summed E-state index contributed by atoms with van der Waals surface area (Å²) in [6, 6.07) is 5.74. The molecule has 0 aliphatic heterocycles. The van der Waals surface area contributed by atoms with Crippen molar-refractivity contribution in [1.82, 2.24) is 9.55 Å². The third-order valence-electron chi connectivity index (χ3n) is 4.53. The molecule has 1 aliphatic carbocycles. The number of nitrogens with one attached hydrogen (secondary N) is 1. The molecule has 0 saturated heterocycles. The minimum atomic E-state index is -0.0961. The molecular weight excluding hydrogens is 322 g/mol. The molecule has 0 unspecified atom stereocenters. The van der Waals surface area contributed by atoms with Crippen molar-refractivity contribution >= 4 is 22.4 Å². The van der Waals surface area contributed by atoms with Gasteiger partial charge in [0, 0.05) is 16.3 Å². The SMILES string of the molecule is Cc1cc(C(=O)Nc2nc3c(s2)CCC3)c(C)n1Cc1ccco1. The summed E-state index contributed by atoms with van der Waals surface area (Å²) in [6.07, 6.45) is 4.95. The summed E-state index contributed by atoms with van der Waals surface area (Å²) in [4.78, 5) is 18.5. The van der Waals surface area contributed by atoms with E-state index in [-0.39, 0.29) is 5.91 Å². The molecule has 124 valence electrons. The first-order chi connectivity index (χ1) is 11.6. The van der Waals surface area contributed by atoms with Crippen molar-refractivity contribution in [3.05, 3.63) is 57.7 Å². The van der Waals surface area contributed by atoms with Crippen LogP contribution in [0, 0.1) is 13.8 Å². The first kappa shape index (κ1) is 15.2. The van der Waals surface area contributed by atoms with E-state index in [1.165, 1.54) is 11.3 Å². The van der Waals surface area contributed by atoms with Crippen LogP contribution in [0.1, 0.15) is 44.5 Å². The zero-order valence-electron chi connectivity index (χ0n) is 13.8. The van der Waals surface area contributed by atoms with Crippen LogP contribution in [0.15, 0.2) is 28.9 Å². The number of nitrogens with zero attached hydrogens (tertiary/aromatic N) is 2. The topological polar surface area (TPSA) is 60.1 Å². The summed E-state index contributed by atoms with van der Waals surface area (Å²) < 4.78 is 7.51. The van der Waals surface area contributed by atoms with Gasteiger partial charge in [0.05, 0.1) is 24.1 Å². The quantitative estimate of drug-likeness (QED) is 0.782. The number of aryl methyl sites for hydroxylation is 3. The highest BCUT2D eigenvalue weighted by Crippen LogP contribution is 2.31. The summed E-state index contributed by atoms with van der Waals surface area (Å²) in [5.41, 5.74) is 3.81. The summed E-state index contributed by atoms with van der Waals surface area (Å²) >= 11 is 1.60. The molecular formula is C18H19N3O2S. The van der Waals surface area contributed by atoms with Crippen molar-refractivity contribution in [3.63, 3.8) is 0 Å². The van der Waals surface area contributed by atoms with Crippen molar-refractivity contribution in [3.8, 4) is 0 Å². The summed E-state index contributed by atoms with van der Waals surface area (Å²) in [6.45, 7) is 4.60. The lowest BCUT2D eigenvalue weighted by molar-refractivity contribution is 0.102. The second-order valence-electron chi connectivity index (χ2n) is 6.15. The Balaban J connectivity index is 1.55. The number of hydrogen-bond acceptors (Lipinski definition) is 4. The minimum Gasteiger partial charge on any atom is -0.467 e. The molecule has 24 heavy (non-hydrogen) atoms. The van der Waals surface area contributed by atoms with Gasteiger partial charge in [0.2, 0.25) is 0 Å². The van der Waals surface area contributed by atoms with Crippen molar-refractivity contribution in [1.29, 1.82) is 0 Å². The maximum atomic E-state index is 12.6. The van der Waals surface area contributed by atoms with Crippen LogP contribution in [-0.4, -0.2) is 15.5 Å². The molecule has 1 amide bonds. The molecule has 1 aliphatic rings. The molecule has 0 spiro atoms. The van der Waals surface area contributed by atoms with Gasteiger partial charge < -0.3 is 8.98 Å². The van der Waals surface area contributed by atoms with E-state index < -0.39 is 0 Å². The first-order valence-electron chi connectivity index (χ1n) is 8.11. The standard InChI is InChI=1S/C18H19N3O2S/c1-11-9-14(12(2)21(11)10-13-5-4-8-23-13)17(22)20-18-19-15-6-3-7-16(15)24-18/h4-5,8-9H,3,6-7,10H2,1-2H3,(H,19,20,22). The van der Waals surface area contributed by atoms with Gasteiger partial charge in [-0.15, -0.1) is 11.3 Å². The van der Waals surface area contributed by atoms with Crippen LogP contribution in [0.3, 0.4) is 0 Å². The average Bonchev–Trinajstić information content (AvgIpc) is 3.28. The molecule has 0 aromatic carbocycles. The average molecular weight is 341 g/mol. The van der Waals surface area contributed by atoms with Gasteiger partial charge in [-0.3, -0.25) is 10.1 Å². The lowest BCUT2D eigenvalue weighted by atomic mass is 10.2. The minimum absolute atomic E-state index is 0.0961. The summed E-state index contributed by atoms with van der Waals surface area (Å²) in [7, 11) is 0. The van der Waals surface area contributed by atoms with Gasteiger partial charge in [-0.1, -0.05) is 0 Å². The molecule has 3 heterocycles. The van der Waals surface area contributed by atoms with Gasteiger partial charge in [0.15, 0.2) is 5.13 Å². The van der Waals surface area contributed by atoms with E-state index in [2.05, 4.69) is 14.9 Å². The predicted molar refractivity (Wildman–Crippen MR) is 93.8 cm³/mol. The largest absolute Gasteiger partial charge is 0.467 e. The zero-order valence-corrected chi connectivity index (χ0v) is 14.6. The van der Waals surface area contributed by atoms with E-state index >= 15 is 0 Å². The Kier molecular flexibility index (Phi) is 3.76. The molecule has 6 heteroatoms. The molecule has 0 radical (unpaired) electrons. The number of aromatic nitrogens is 2. The molecule has 1 N–H and O–H groups in total. The fraction of sp³-hybridized carbons (Fsp3) is 0.333. The van der Waals surface area contributed by atoms with Gasteiger partial charge in [0.1, 0.15) is 5.76 Å². The van der Waals surface area contributed by atoms with Gasteiger partial charge >= 0.3 is 0 Å². The highest BCUT2D eigenvalue weighted by atomic mass is 32.1. The fourth-order valence-electron chi connectivity index (χ4n) is 3.24. The van der Waals surface area contributed by atoms with Crippen molar-refractivity contribution in [2.24, 2.45) is 0 Å². The molecule has 3 aromatic heterocycles. The number of carbonyl (C=O) groups excluding carboxylic acids is 1. The maximum Gasteiger partial charge on any atom is 0.259 e. The summed E-state index contributed by atoms with van der Waals surface area (Å²) in [5, 5.41) is 3.67. The van der Waals surface area contributed by atoms with E-state index in [1.807, 2.05) is 32.0 Å². The van der Waals surface area contributed by atoms with E-state index in [9.17, 15) is 4.79 Å². The highest BCUT2D eigenvalue weighted by Gasteiger charge is 2.20. The van der Waals surface area contributed by atoms with Gasteiger partial charge in [-0.05, 0) is 51.3 Å². The van der Waals surface area contributed by atoms with Crippen LogP contribution >= 0.6 is 11.3 Å². The zero-order chi connectivity index (χ0) is 16.7. The second-order valence-corrected chi connectivity index (χ2v) is 7.23. The van der Waals surface area contributed by atoms with Crippen LogP contribution in [0.2, 0.25) is 0 Å². The molecule has 4 rings (SSSR count). The number of amides is 1. The summed E-state index contributed by atoms with van der Waals surface area (Å²) in [5.74, 6) is 0.779. The fourth-order valence-corrected chi connectivity index (χ4v) is 4.29. The molecule has 3 aromatic rings. The van der Waals surface area contributed by atoms with E-state index in [0.717, 1.165) is 35.7 Å². The number of rotatable bonds is 4. The monoisotopic (exact) mass is 341 g/mol. The predicted octanol–water partition coefficient (Wildman–Crippen LogP) is 3.94. The Labute approximate surface area is 144 Å². The lowest BCUT2D eigenvalue weighted by Crippen LogP contribution is -2.13. The number of hydrogen-bond donors (Lipinski definition) is 1. The van der Waals surface area contributed by atoms with Crippen LogP contribution in [0.5, 0.6) is 0 Å². The van der Waals surface area contributed by atoms with Crippen LogP contribution in [0.4, 0.5) is 5.13 Å². The van der Waals surface area contributed by atoms with Gasteiger partial charge in [0.25, 0.3) is 5.91 Å². The van der Waals surface area contributed by atoms with Gasteiger partial charge in [-0.2, -0.15) is 0 Å². The smallest absolute Gasteiger partial charge is 0.259 e.